The van der Waals surface area contributed by atoms with Gasteiger partial charge in [0.15, 0.2) is 0 Å². The number of anilines is 3. The molecular formula is C23H27FN6O. The summed E-state index contributed by atoms with van der Waals surface area (Å²) in [5, 5.41) is 7.77. The quantitative estimate of drug-likeness (QED) is 0.658. The van der Waals surface area contributed by atoms with Crippen LogP contribution >= 0.6 is 0 Å². The molecule has 1 aliphatic heterocycles. The van der Waals surface area contributed by atoms with Crippen molar-refractivity contribution in [3.8, 4) is 0 Å². The molecule has 162 valence electrons. The number of fused-ring (bicyclic) bond motifs is 1. The highest BCUT2D eigenvalue weighted by Crippen LogP contribution is 2.38. The van der Waals surface area contributed by atoms with Gasteiger partial charge in [0, 0.05) is 38.5 Å². The summed E-state index contributed by atoms with van der Waals surface area (Å²) in [5.41, 5.74) is 4.67. The molecule has 8 heteroatoms. The van der Waals surface area contributed by atoms with Crippen LogP contribution in [0.4, 0.5) is 21.6 Å². The molecule has 1 unspecified atom stereocenters. The molecule has 0 fully saturated rings. The van der Waals surface area contributed by atoms with Gasteiger partial charge in [0.2, 0.25) is 5.91 Å². The summed E-state index contributed by atoms with van der Waals surface area (Å²) in [6.07, 6.45) is 4.53. The predicted octanol–water partition coefficient (Wildman–Crippen LogP) is 3.58. The molecule has 1 amide bonds. The van der Waals surface area contributed by atoms with Crippen molar-refractivity contribution in [2.24, 2.45) is 0 Å². The van der Waals surface area contributed by atoms with E-state index in [1.54, 1.807) is 17.0 Å². The fourth-order valence-electron chi connectivity index (χ4n) is 4.09. The largest absolute Gasteiger partial charge is 0.366 e. The number of pyridine rings is 1. The average molecular weight is 423 g/mol. The van der Waals surface area contributed by atoms with Crippen molar-refractivity contribution in [1.82, 2.24) is 14.8 Å². The van der Waals surface area contributed by atoms with Gasteiger partial charge < -0.3 is 15.1 Å². The highest BCUT2D eigenvalue weighted by molar-refractivity contribution is 6.05. The summed E-state index contributed by atoms with van der Waals surface area (Å²) in [6, 6.07) is 8.26. The van der Waals surface area contributed by atoms with Crippen LogP contribution in [0.1, 0.15) is 30.2 Å². The molecule has 31 heavy (non-hydrogen) atoms. The number of amides is 1. The summed E-state index contributed by atoms with van der Waals surface area (Å²) in [6.45, 7) is 5.10. The number of carbonyl (C=O) groups is 1. The molecule has 1 atom stereocenters. The van der Waals surface area contributed by atoms with Crippen molar-refractivity contribution in [3.63, 3.8) is 0 Å². The minimum Gasteiger partial charge on any atom is -0.366 e. The van der Waals surface area contributed by atoms with Crippen molar-refractivity contribution in [2.75, 3.05) is 29.2 Å². The molecule has 2 aromatic heterocycles. The van der Waals surface area contributed by atoms with Crippen LogP contribution < -0.4 is 15.1 Å². The molecule has 1 N–H and O–H groups in total. The van der Waals surface area contributed by atoms with Crippen LogP contribution in [0.5, 0.6) is 0 Å². The highest BCUT2D eigenvalue weighted by Gasteiger charge is 2.35. The zero-order valence-corrected chi connectivity index (χ0v) is 18.3. The van der Waals surface area contributed by atoms with E-state index in [0.29, 0.717) is 13.1 Å². The average Bonchev–Trinajstić information content (AvgIpc) is 3.20. The maximum absolute atomic E-state index is 13.1. The van der Waals surface area contributed by atoms with Gasteiger partial charge in [-0.3, -0.25) is 9.48 Å². The number of benzene rings is 1. The highest BCUT2D eigenvalue weighted by atomic mass is 19.1. The smallest absolute Gasteiger partial charge is 0.249 e. The second-order valence-corrected chi connectivity index (χ2v) is 7.92. The van der Waals surface area contributed by atoms with Crippen LogP contribution in [0.25, 0.3) is 0 Å². The molecule has 3 aromatic rings. The molecule has 0 saturated carbocycles. The summed E-state index contributed by atoms with van der Waals surface area (Å²) in [7, 11) is 3.77. The van der Waals surface area contributed by atoms with Crippen molar-refractivity contribution >= 4 is 23.1 Å². The zero-order valence-electron chi connectivity index (χ0n) is 18.3. The Kier molecular flexibility index (Phi) is 5.63. The van der Waals surface area contributed by atoms with Crippen molar-refractivity contribution in [1.29, 1.82) is 0 Å². The third-order valence-corrected chi connectivity index (χ3v) is 5.75. The van der Waals surface area contributed by atoms with E-state index in [1.807, 2.05) is 56.0 Å². The van der Waals surface area contributed by atoms with Gasteiger partial charge in [-0.1, -0.05) is 19.1 Å². The fraction of sp³-hybridized carbons (Fsp3) is 0.348. The Morgan fingerprint density at radius 3 is 2.61 bits per heavy atom. The predicted molar refractivity (Wildman–Crippen MR) is 120 cm³/mol. The number of rotatable bonds is 6. The number of halogens is 1. The first kappa shape index (κ1) is 20.8. The maximum atomic E-state index is 13.1. The first-order valence-corrected chi connectivity index (χ1v) is 10.4. The van der Waals surface area contributed by atoms with Crippen LogP contribution in [-0.2, 0) is 17.9 Å². The Labute approximate surface area is 181 Å². The van der Waals surface area contributed by atoms with Gasteiger partial charge in [-0.15, -0.1) is 0 Å². The van der Waals surface area contributed by atoms with Crippen LogP contribution in [0.2, 0.25) is 0 Å². The molecule has 1 aromatic carbocycles. The summed E-state index contributed by atoms with van der Waals surface area (Å²) >= 11 is 0. The van der Waals surface area contributed by atoms with Crippen molar-refractivity contribution < 1.29 is 9.18 Å². The SMILES string of the molecule is CCC1C(=O)N(C)c2c(cc(NCc3cnn(Cc4ccc(F)cc4)c3)nc2C)N1C. The minimum atomic E-state index is -0.242. The minimum absolute atomic E-state index is 0.0941. The van der Waals surface area contributed by atoms with E-state index >= 15 is 0 Å². The molecule has 0 aliphatic carbocycles. The maximum Gasteiger partial charge on any atom is 0.249 e. The van der Waals surface area contributed by atoms with Gasteiger partial charge in [0.1, 0.15) is 17.7 Å². The van der Waals surface area contributed by atoms with E-state index in [0.717, 1.165) is 40.4 Å². The molecule has 3 heterocycles. The Balaban J connectivity index is 1.48. The topological polar surface area (TPSA) is 66.3 Å². The molecular weight excluding hydrogens is 395 g/mol. The van der Waals surface area contributed by atoms with Gasteiger partial charge in [-0.05, 0) is 31.0 Å². The Bertz CT molecular complexity index is 1090. The van der Waals surface area contributed by atoms with Gasteiger partial charge in [-0.2, -0.15) is 5.10 Å². The molecule has 0 radical (unpaired) electrons. The van der Waals surface area contributed by atoms with Gasteiger partial charge >= 0.3 is 0 Å². The summed E-state index contributed by atoms with van der Waals surface area (Å²) < 4.78 is 14.9. The molecule has 0 spiro atoms. The van der Waals surface area contributed by atoms with Crippen LogP contribution in [0.3, 0.4) is 0 Å². The van der Waals surface area contributed by atoms with E-state index in [2.05, 4.69) is 15.4 Å². The summed E-state index contributed by atoms with van der Waals surface area (Å²) in [5.74, 6) is 0.608. The van der Waals surface area contributed by atoms with E-state index < -0.39 is 0 Å². The monoisotopic (exact) mass is 422 g/mol. The van der Waals surface area contributed by atoms with Crippen molar-refractivity contribution in [3.05, 3.63) is 65.4 Å². The fourth-order valence-corrected chi connectivity index (χ4v) is 4.09. The number of likely N-dealkylation sites (N-methyl/N-ethyl adjacent to an activating group) is 2. The molecule has 4 rings (SSSR count). The Hall–Kier alpha value is -3.42. The molecule has 0 saturated heterocycles. The molecule has 7 nitrogen and oxygen atoms in total. The van der Waals surface area contributed by atoms with Gasteiger partial charge in [0.25, 0.3) is 0 Å². The second-order valence-electron chi connectivity index (χ2n) is 7.92. The third kappa shape index (κ3) is 4.10. The van der Waals surface area contributed by atoms with E-state index in [1.165, 1.54) is 12.1 Å². The number of nitrogens with zero attached hydrogens (tertiary/aromatic N) is 5. The normalized spacial score (nSPS) is 15.9. The first-order chi connectivity index (χ1) is 14.9. The van der Waals surface area contributed by atoms with E-state index in [4.69, 9.17) is 0 Å². The standard InChI is InChI=1S/C23H27FN6O/c1-5-19-23(31)29(4)22-15(2)27-21(10-20(22)28(19)3)25-11-17-12-26-30(14-17)13-16-6-8-18(24)9-7-16/h6-10,12,14,19H,5,11,13H2,1-4H3,(H,25,27). The first-order valence-electron chi connectivity index (χ1n) is 10.4. The Morgan fingerprint density at radius 2 is 1.90 bits per heavy atom. The number of aryl methyl sites for hydroxylation is 1. The number of carbonyl (C=O) groups excluding carboxylic acids is 1. The van der Waals surface area contributed by atoms with E-state index in [9.17, 15) is 9.18 Å². The molecule has 1 aliphatic rings. The number of nitrogens with one attached hydrogen (secondary N) is 1. The number of hydrogen-bond acceptors (Lipinski definition) is 5. The lowest BCUT2D eigenvalue weighted by atomic mass is 10.0. The van der Waals surface area contributed by atoms with Crippen LogP contribution in [0, 0.1) is 12.7 Å². The van der Waals surface area contributed by atoms with Gasteiger partial charge in [-0.25, -0.2) is 9.37 Å². The molecule has 0 bridgehead atoms. The lowest BCUT2D eigenvalue weighted by molar-refractivity contribution is -0.119. The zero-order chi connectivity index (χ0) is 22.1. The lowest BCUT2D eigenvalue weighted by Gasteiger charge is -2.40. The lowest BCUT2D eigenvalue weighted by Crippen LogP contribution is -2.50. The summed E-state index contributed by atoms with van der Waals surface area (Å²) in [4.78, 5) is 21.1. The Morgan fingerprint density at radius 1 is 1.16 bits per heavy atom. The third-order valence-electron chi connectivity index (χ3n) is 5.75. The second kappa shape index (κ2) is 8.37. The van der Waals surface area contributed by atoms with Crippen LogP contribution in [-0.4, -0.2) is 40.8 Å². The van der Waals surface area contributed by atoms with E-state index in [-0.39, 0.29) is 17.8 Å². The van der Waals surface area contributed by atoms with Crippen LogP contribution in [0.15, 0.2) is 42.7 Å². The van der Waals surface area contributed by atoms with Crippen molar-refractivity contribution in [2.45, 2.75) is 39.4 Å². The van der Waals surface area contributed by atoms with Gasteiger partial charge in [0.05, 0.1) is 29.8 Å². The number of hydrogen-bond donors (Lipinski definition) is 1. The number of aromatic nitrogens is 3.